The summed E-state index contributed by atoms with van der Waals surface area (Å²) in [6.45, 7) is 2.15. The molecule has 1 aromatic rings. The number of fused-ring (bicyclic) bond motifs is 1. The van der Waals surface area contributed by atoms with Crippen molar-refractivity contribution in [2.24, 2.45) is 0 Å². The van der Waals surface area contributed by atoms with Gasteiger partial charge < -0.3 is 9.47 Å². The SMILES string of the molecule is CC/C=C\C/C=C\C/C=C\C/C=C\C/C=C\C/C=C\CCC1OC(=O)c2ccccc2O1. The largest absolute Gasteiger partial charge is 0.454 e. The maximum Gasteiger partial charge on any atom is 0.345 e. The second-order valence-corrected chi connectivity index (χ2v) is 7.44. The molecule has 0 N–H and O–H groups in total. The molecule has 1 unspecified atom stereocenters. The molecular weight excluding hydrogens is 396 g/mol. The van der Waals surface area contributed by atoms with Crippen LogP contribution in [0.25, 0.3) is 0 Å². The van der Waals surface area contributed by atoms with Crippen molar-refractivity contribution < 1.29 is 14.3 Å². The summed E-state index contributed by atoms with van der Waals surface area (Å²) in [6, 6.07) is 7.19. The standard InChI is InChI=1S/C29H36O3/c1-2-3-4-5-6-7-8-9-10-11-12-13-14-15-16-17-18-19-20-25-28-31-27-24-22-21-23-26(27)29(30)32-28/h3-4,6-7,9-10,12-13,15-16,18-19,21-24,28H,2,5,8,11,14,17,20,25H2,1H3/b4-3-,7-6-,10-9-,13-12-,16-15-,19-18-. The molecule has 3 heteroatoms. The van der Waals surface area contributed by atoms with Gasteiger partial charge in [-0.2, -0.15) is 0 Å². The van der Waals surface area contributed by atoms with Crippen LogP contribution in [0.3, 0.4) is 0 Å². The summed E-state index contributed by atoms with van der Waals surface area (Å²) in [6.07, 6.45) is 33.2. The first-order valence-corrected chi connectivity index (χ1v) is 11.7. The van der Waals surface area contributed by atoms with Gasteiger partial charge in [-0.05, 0) is 57.1 Å². The fraction of sp³-hybridized carbons (Fsp3) is 0.345. The Morgan fingerprint density at radius 3 is 1.75 bits per heavy atom. The van der Waals surface area contributed by atoms with Gasteiger partial charge in [0, 0.05) is 6.42 Å². The van der Waals surface area contributed by atoms with Crippen LogP contribution in [0.2, 0.25) is 0 Å². The highest BCUT2D eigenvalue weighted by molar-refractivity contribution is 5.93. The third-order valence-corrected chi connectivity index (χ3v) is 4.77. The number of hydrogen-bond donors (Lipinski definition) is 0. The molecule has 0 aromatic heterocycles. The zero-order valence-electron chi connectivity index (χ0n) is 19.2. The van der Waals surface area contributed by atoms with Crippen molar-refractivity contribution in [1.82, 2.24) is 0 Å². The van der Waals surface area contributed by atoms with E-state index < -0.39 is 6.29 Å². The first-order valence-electron chi connectivity index (χ1n) is 11.7. The van der Waals surface area contributed by atoms with Gasteiger partial charge in [-0.25, -0.2) is 4.79 Å². The Bertz CT molecular complexity index is 840. The third kappa shape index (κ3) is 10.8. The Morgan fingerprint density at radius 2 is 1.19 bits per heavy atom. The van der Waals surface area contributed by atoms with Gasteiger partial charge in [0.25, 0.3) is 0 Å². The van der Waals surface area contributed by atoms with E-state index in [9.17, 15) is 4.79 Å². The molecule has 0 saturated carbocycles. The molecule has 0 radical (unpaired) electrons. The molecule has 0 aliphatic carbocycles. The first kappa shape index (κ1) is 25.2. The Labute approximate surface area is 193 Å². The van der Waals surface area contributed by atoms with E-state index >= 15 is 0 Å². The second kappa shape index (κ2) is 16.6. The molecule has 1 aliphatic rings. The molecular formula is C29H36O3. The molecule has 170 valence electrons. The molecule has 0 saturated heterocycles. The smallest absolute Gasteiger partial charge is 0.345 e. The van der Waals surface area contributed by atoms with Crippen molar-refractivity contribution >= 4 is 5.97 Å². The molecule has 0 amide bonds. The van der Waals surface area contributed by atoms with E-state index in [2.05, 4.69) is 79.8 Å². The molecule has 0 spiro atoms. The Hall–Kier alpha value is -3.07. The Kier molecular flexibility index (Phi) is 13.1. The van der Waals surface area contributed by atoms with Crippen molar-refractivity contribution in [2.75, 3.05) is 0 Å². The number of esters is 1. The number of benzene rings is 1. The number of carbonyl (C=O) groups is 1. The van der Waals surface area contributed by atoms with Crippen LogP contribution in [0.15, 0.2) is 97.2 Å². The van der Waals surface area contributed by atoms with E-state index in [-0.39, 0.29) is 5.97 Å². The maximum atomic E-state index is 12.0. The van der Waals surface area contributed by atoms with Gasteiger partial charge in [0.15, 0.2) is 0 Å². The lowest BCUT2D eigenvalue weighted by molar-refractivity contribution is -0.0630. The van der Waals surface area contributed by atoms with Crippen LogP contribution in [0, 0.1) is 0 Å². The minimum absolute atomic E-state index is 0.306. The third-order valence-electron chi connectivity index (χ3n) is 4.77. The number of allylic oxidation sites excluding steroid dienone is 12. The summed E-state index contributed by atoms with van der Waals surface area (Å²) >= 11 is 0. The summed E-state index contributed by atoms with van der Waals surface area (Å²) < 4.78 is 11.1. The molecule has 1 atom stereocenters. The molecule has 1 heterocycles. The summed E-state index contributed by atoms with van der Waals surface area (Å²) in [4.78, 5) is 12.0. The van der Waals surface area contributed by atoms with Crippen molar-refractivity contribution in [2.45, 2.75) is 64.6 Å². The van der Waals surface area contributed by atoms with Gasteiger partial charge in [-0.3, -0.25) is 0 Å². The van der Waals surface area contributed by atoms with Gasteiger partial charge in [-0.15, -0.1) is 0 Å². The summed E-state index contributed by atoms with van der Waals surface area (Å²) in [5.74, 6) is 0.302. The Morgan fingerprint density at radius 1 is 0.688 bits per heavy atom. The highest BCUT2D eigenvalue weighted by atomic mass is 16.7. The van der Waals surface area contributed by atoms with E-state index in [4.69, 9.17) is 9.47 Å². The van der Waals surface area contributed by atoms with Crippen molar-refractivity contribution in [3.05, 3.63) is 103 Å². The molecule has 0 fully saturated rings. The van der Waals surface area contributed by atoms with Gasteiger partial charge in [0.2, 0.25) is 6.29 Å². The van der Waals surface area contributed by atoms with Gasteiger partial charge in [0.05, 0.1) is 0 Å². The van der Waals surface area contributed by atoms with Crippen LogP contribution in [0.1, 0.15) is 68.6 Å². The summed E-state index contributed by atoms with van der Waals surface area (Å²) in [7, 11) is 0. The van der Waals surface area contributed by atoms with Crippen LogP contribution < -0.4 is 4.74 Å². The quantitative estimate of drug-likeness (QED) is 0.220. The number of rotatable bonds is 14. The van der Waals surface area contributed by atoms with E-state index in [1.54, 1.807) is 18.2 Å². The number of hydrogen-bond acceptors (Lipinski definition) is 3. The van der Waals surface area contributed by atoms with Crippen LogP contribution >= 0.6 is 0 Å². The summed E-state index contributed by atoms with van der Waals surface area (Å²) in [5, 5.41) is 0. The number of para-hydroxylation sites is 1. The lowest BCUT2D eigenvalue weighted by Crippen LogP contribution is -2.29. The van der Waals surface area contributed by atoms with Crippen molar-refractivity contribution in [3.8, 4) is 5.75 Å². The van der Waals surface area contributed by atoms with E-state index in [1.807, 2.05) is 6.07 Å². The number of carbonyl (C=O) groups excluding carboxylic acids is 1. The molecule has 1 aliphatic heterocycles. The highest BCUT2D eigenvalue weighted by Crippen LogP contribution is 2.27. The average Bonchev–Trinajstić information content (AvgIpc) is 2.80. The topological polar surface area (TPSA) is 35.5 Å². The molecule has 0 bridgehead atoms. The molecule has 2 rings (SSSR count). The van der Waals surface area contributed by atoms with Gasteiger partial charge >= 0.3 is 5.97 Å². The normalized spacial score (nSPS) is 16.8. The Balaban J connectivity index is 1.48. The highest BCUT2D eigenvalue weighted by Gasteiger charge is 2.26. The van der Waals surface area contributed by atoms with E-state index in [0.29, 0.717) is 17.7 Å². The fourth-order valence-corrected chi connectivity index (χ4v) is 3.08. The van der Waals surface area contributed by atoms with Crippen molar-refractivity contribution in [3.63, 3.8) is 0 Å². The predicted molar refractivity (Wildman–Crippen MR) is 134 cm³/mol. The fourth-order valence-electron chi connectivity index (χ4n) is 3.08. The molecule has 32 heavy (non-hydrogen) atoms. The van der Waals surface area contributed by atoms with Crippen LogP contribution in [-0.2, 0) is 4.74 Å². The zero-order chi connectivity index (χ0) is 22.7. The lowest BCUT2D eigenvalue weighted by atomic mass is 10.1. The average molecular weight is 433 g/mol. The van der Waals surface area contributed by atoms with Gasteiger partial charge in [-0.1, -0.05) is 92.0 Å². The minimum atomic E-state index is -0.504. The molecule has 3 nitrogen and oxygen atoms in total. The van der Waals surface area contributed by atoms with Crippen LogP contribution in [0.4, 0.5) is 0 Å². The minimum Gasteiger partial charge on any atom is -0.454 e. The maximum absolute atomic E-state index is 12.0. The number of cyclic esters (lactones) is 1. The molecule has 1 aromatic carbocycles. The monoisotopic (exact) mass is 432 g/mol. The lowest BCUT2D eigenvalue weighted by Gasteiger charge is -2.25. The van der Waals surface area contributed by atoms with Gasteiger partial charge in [0.1, 0.15) is 11.3 Å². The van der Waals surface area contributed by atoms with Crippen molar-refractivity contribution in [1.29, 1.82) is 0 Å². The van der Waals surface area contributed by atoms with Crippen LogP contribution in [-0.4, -0.2) is 12.3 Å². The zero-order valence-corrected chi connectivity index (χ0v) is 19.2. The predicted octanol–water partition coefficient (Wildman–Crippen LogP) is 8.04. The van der Waals surface area contributed by atoms with E-state index in [0.717, 1.165) is 44.9 Å². The second-order valence-electron chi connectivity index (χ2n) is 7.44. The van der Waals surface area contributed by atoms with E-state index in [1.165, 1.54) is 0 Å². The first-order chi connectivity index (χ1) is 15.8. The number of ether oxygens (including phenoxy) is 2. The summed E-state index contributed by atoms with van der Waals surface area (Å²) in [5.41, 5.74) is 0.498. The van der Waals surface area contributed by atoms with Crippen LogP contribution in [0.5, 0.6) is 5.75 Å².